The fourth-order valence-corrected chi connectivity index (χ4v) is 3.22. The minimum absolute atomic E-state index is 0.206. The second kappa shape index (κ2) is 4.58. The second-order valence-corrected chi connectivity index (χ2v) is 9.81. The maximum absolute atomic E-state index is 11.6. The number of carbonyl (C=O) groups is 1. The number of Topliss-reactive ketones (excluding diaryl/α,β-unsaturated/α-hetero) is 1. The molecule has 0 unspecified atom stereocenters. The zero-order valence-electron chi connectivity index (χ0n) is 9.87. The number of hydrogen-bond acceptors (Lipinski definition) is 1. The molecule has 15 heavy (non-hydrogen) atoms. The molecule has 1 nitrogen and oxygen atoms in total. The van der Waals surface area contributed by atoms with E-state index in [1.165, 1.54) is 0 Å². The lowest BCUT2D eigenvalue weighted by Crippen LogP contribution is -2.28. The van der Waals surface area contributed by atoms with Crippen molar-refractivity contribution in [2.24, 2.45) is 0 Å². The Morgan fingerprint density at radius 1 is 1.13 bits per heavy atom. The Bertz CT molecular complexity index is 371. The molecule has 0 atom stereocenters. The van der Waals surface area contributed by atoms with E-state index in [0.717, 1.165) is 10.8 Å². The van der Waals surface area contributed by atoms with Gasteiger partial charge in [0.1, 0.15) is 0 Å². The summed E-state index contributed by atoms with van der Waals surface area (Å²) in [5.74, 6) is 0.206. The highest BCUT2D eigenvalue weighted by atomic mass is 28.3. The summed E-state index contributed by atoms with van der Waals surface area (Å²) in [6.45, 7) is 8.25. The molecule has 0 bridgehead atoms. The fraction of sp³-hybridized carbons (Fsp3) is 0.308. The molecule has 0 radical (unpaired) electrons. The Labute approximate surface area is 92.8 Å². The van der Waals surface area contributed by atoms with E-state index in [-0.39, 0.29) is 5.78 Å². The van der Waals surface area contributed by atoms with Gasteiger partial charge >= 0.3 is 0 Å². The lowest BCUT2D eigenvalue weighted by Gasteiger charge is -2.18. The number of hydrogen-bond donors (Lipinski definition) is 0. The lowest BCUT2D eigenvalue weighted by atomic mass is 10.2. The first-order chi connectivity index (χ1) is 6.91. The SMILES string of the molecule is CC(=O)/C(=C/c1ccccc1)[Si](C)(C)C. The van der Waals surface area contributed by atoms with E-state index in [4.69, 9.17) is 0 Å². The van der Waals surface area contributed by atoms with E-state index in [1.54, 1.807) is 6.92 Å². The number of carbonyl (C=O) groups excluding carboxylic acids is 1. The van der Waals surface area contributed by atoms with Gasteiger partial charge in [-0.3, -0.25) is 4.79 Å². The molecule has 0 fully saturated rings. The van der Waals surface area contributed by atoms with Crippen LogP contribution < -0.4 is 0 Å². The first-order valence-corrected chi connectivity index (χ1v) is 8.69. The largest absolute Gasteiger partial charge is 0.295 e. The third kappa shape index (κ3) is 3.48. The van der Waals surface area contributed by atoms with E-state index in [0.29, 0.717) is 0 Å². The number of rotatable bonds is 3. The van der Waals surface area contributed by atoms with Crippen LogP contribution in [0.5, 0.6) is 0 Å². The fourth-order valence-electron chi connectivity index (χ4n) is 1.56. The molecule has 1 rings (SSSR count). The molecular formula is C13H18OSi. The average molecular weight is 218 g/mol. The smallest absolute Gasteiger partial charge is 0.151 e. The Kier molecular flexibility index (Phi) is 3.64. The summed E-state index contributed by atoms with van der Waals surface area (Å²) >= 11 is 0. The van der Waals surface area contributed by atoms with Crippen LogP contribution in [0.25, 0.3) is 6.08 Å². The zero-order chi connectivity index (χ0) is 11.5. The standard InChI is InChI=1S/C13H18OSi/c1-11(14)13(15(2,3)4)10-12-8-6-5-7-9-12/h5-10H,1-4H3/b13-10-. The second-order valence-electron chi connectivity index (χ2n) is 4.77. The first kappa shape index (κ1) is 11.9. The molecule has 0 aliphatic rings. The Hall–Kier alpha value is -1.15. The molecule has 0 aliphatic carbocycles. The van der Waals surface area contributed by atoms with Crippen molar-refractivity contribution in [2.45, 2.75) is 26.6 Å². The summed E-state index contributed by atoms with van der Waals surface area (Å²) in [6.07, 6.45) is 2.04. The predicted molar refractivity (Wildman–Crippen MR) is 68.4 cm³/mol. The Morgan fingerprint density at radius 2 is 1.67 bits per heavy atom. The predicted octanol–water partition coefficient (Wildman–Crippen LogP) is 3.54. The van der Waals surface area contributed by atoms with Gasteiger partial charge in [-0.2, -0.15) is 0 Å². The maximum Gasteiger partial charge on any atom is 0.151 e. The third-order valence-corrected chi connectivity index (χ3v) is 4.41. The molecule has 0 N–H and O–H groups in total. The van der Waals surface area contributed by atoms with Crippen LogP contribution in [-0.2, 0) is 4.79 Å². The van der Waals surface area contributed by atoms with Crippen molar-refractivity contribution in [3.05, 3.63) is 41.1 Å². The summed E-state index contributed by atoms with van der Waals surface area (Å²) in [6, 6.07) is 10.0. The minimum atomic E-state index is -1.52. The molecule has 1 aromatic rings. The zero-order valence-corrected chi connectivity index (χ0v) is 10.9. The first-order valence-electron chi connectivity index (χ1n) is 5.19. The van der Waals surface area contributed by atoms with Gasteiger partial charge in [-0.05, 0) is 17.7 Å². The summed E-state index contributed by atoms with van der Waals surface area (Å²) in [7, 11) is -1.52. The maximum atomic E-state index is 11.6. The molecule has 0 aliphatic heterocycles. The normalized spacial score (nSPS) is 12.7. The van der Waals surface area contributed by atoms with Gasteiger partial charge in [0.15, 0.2) is 5.78 Å². The van der Waals surface area contributed by atoms with Crippen LogP contribution in [0, 0.1) is 0 Å². The van der Waals surface area contributed by atoms with Crippen LogP contribution in [-0.4, -0.2) is 13.9 Å². The van der Waals surface area contributed by atoms with Crippen molar-refractivity contribution in [3.63, 3.8) is 0 Å². The third-order valence-electron chi connectivity index (χ3n) is 2.30. The summed E-state index contributed by atoms with van der Waals surface area (Å²) in [4.78, 5) is 11.6. The van der Waals surface area contributed by atoms with Crippen LogP contribution in [0.4, 0.5) is 0 Å². The monoisotopic (exact) mass is 218 g/mol. The summed E-state index contributed by atoms with van der Waals surface area (Å²) < 4.78 is 0. The van der Waals surface area contributed by atoms with Crippen molar-refractivity contribution in [1.29, 1.82) is 0 Å². The van der Waals surface area contributed by atoms with Gasteiger partial charge in [-0.25, -0.2) is 0 Å². The van der Waals surface area contributed by atoms with E-state index in [2.05, 4.69) is 19.6 Å². The highest BCUT2D eigenvalue weighted by Gasteiger charge is 2.22. The molecule has 80 valence electrons. The van der Waals surface area contributed by atoms with Gasteiger partial charge in [0.25, 0.3) is 0 Å². The lowest BCUT2D eigenvalue weighted by molar-refractivity contribution is -0.113. The molecule has 0 heterocycles. The molecule has 0 amide bonds. The molecule has 2 heteroatoms. The highest BCUT2D eigenvalue weighted by Crippen LogP contribution is 2.18. The number of benzene rings is 1. The summed E-state index contributed by atoms with van der Waals surface area (Å²) in [5.41, 5.74) is 1.12. The molecule has 0 spiro atoms. The molecule has 0 saturated carbocycles. The minimum Gasteiger partial charge on any atom is -0.295 e. The van der Waals surface area contributed by atoms with Crippen molar-refractivity contribution in [2.75, 3.05) is 0 Å². The van der Waals surface area contributed by atoms with Crippen LogP contribution in [0.15, 0.2) is 35.5 Å². The van der Waals surface area contributed by atoms with Gasteiger partial charge in [0, 0.05) is 0 Å². The van der Waals surface area contributed by atoms with Crippen LogP contribution >= 0.6 is 0 Å². The molecule has 1 aromatic carbocycles. The van der Waals surface area contributed by atoms with Gasteiger partial charge in [-0.1, -0.05) is 56.0 Å². The van der Waals surface area contributed by atoms with Crippen molar-refractivity contribution < 1.29 is 4.79 Å². The molecular weight excluding hydrogens is 200 g/mol. The highest BCUT2D eigenvalue weighted by molar-refractivity contribution is 6.87. The molecule has 0 aromatic heterocycles. The van der Waals surface area contributed by atoms with E-state index in [1.807, 2.05) is 36.4 Å². The van der Waals surface area contributed by atoms with Crippen LogP contribution in [0.1, 0.15) is 12.5 Å². The van der Waals surface area contributed by atoms with Gasteiger partial charge in [-0.15, -0.1) is 0 Å². The van der Waals surface area contributed by atoms with E-state index in [9.17, 15) is 4.79 Å². The van der Waals surface area contributed by atoms with E-state index >= 15 is 0 Å². The average Bonchev–Trinajstić information content (AvgIpc) is 2.13. The Morgan fingerprint density at radius 3 is 2.07 bits per heavy atom. The van der Waals surface area contributed by atoms with Crippen molar-refractivity contribution in [3.8, 4) is 0 Å². The number of ketones is 1. The van der Waals surface area contributed by atoms with Crippen LogP contribution in [0.2, 0.25) is 19.6 Å². The van der Waals surface area contributed by atoms with Crippen LogP contribution in [0.3, 0.4) is 0 Å². The Balaban J connectivity index is 3.12. The topological polar surface area (TPSA) is 17.1 Å². The summed E-state index contributed by atoms with van der Waals surface area (Å²) in [5, 5.41) is 1.01. The van der Waals surface area contributed by atoms with Gasteiger partial charge in [0.2, 0.25) is 0 Å². The number of allylic oxidation sites excluding steroid dienone is 1. The van der Waals surface area contributed by atoms with Gasteiger partial charge < -0.3 is 0 Å². The van der Waals surface area contributed by atoms with Crippen molar-refractivity contribution >= 4 is 19.9 Å². The van der Waals surface area contributed by atoms with Crippen molar-refractivity contribution in [1.82, 2.24) is 0 Å². The van der Waals surface area contributed by atoms with E-state index < -0.39 is 8.07 Å². The van der Waals surface area contributed by atoms with Gasteiger partial charge in [0.05, 0.1) is 8.07 Å². The quantitative estimate of drug-likeness (QED) is 0.560. The molecule has 0 saturated heterocycles.